The second kappa shape index (κ2) is 5.61. The van der Waals surface area contributed by atoms with Crippen LogP contribution in [0.2, 0.25) is 0 Å². The highest BCUT2D eigenvalue weighted by Crippen LogP contribution is 2.26. The van der Waals surface area contributed by atoms with E-state index in [1.165, 1.54) is 12.1 Å². The fourth-order valence-corrected chi connectivity index (χ4v) is 2.01. The molecule has 1 nitrogen and oxygen atoms in total. The van der Waals surface area contributed by atoms with Gasteiger partial charge in [0.1, 0.15) is 5.82 Å². The fourth-order valence-electron chi connectivity index (χ4n) is 1.47. The molecule has 0 spiro atoms. The van der Waals surface area contributed by atoms with Gasteiger partial charge in [-0.15, -0.1) is 0 Å². The Bertz CT molecular complexity index is 325. The third-order valence-electron chi connectivity index (χ3n) is 2.41. The van der Waals surface area contributed by atoms with Gasteiger partial charge in [-0.2, -0.15) is 0 Å². The number of benzene rings is 1. The number of hydrogen-bond acceptors (Lipinski definition) is 1. The quantitative estimate of drug-likeness (QED) is 0.881. The lowest BCUT2D eigenvalue weighted by molar-refractivity contribution is 0.504. The summed E-state index contributed by atoms with van der Waals surface area (Å²) in [5.74, 6) is 0.400. The minimum atomic E-state index is -0.229. The van der Waals surface area contributed by atoms with Crippen LogP contribution in [-0.4, -0.2) is 0 Å². The van der Waals surface area contributed by atoms with Gasteiger partial charge in [-0.25, -0.2) is 4.39 Å². The van der Waals surface area contributed by atoms with Crippen LogP contribution in [0.25, 0.3) is 0 Å². The minimum Gasteiger partial charge on any atom is -0.324 e. The van der Waals surface area contributed by atoms with Crippen molar-refractivity contribution in [3.05, 3.63) is 34.1 Å². The van der Waals surface area contributed by atoms with Crippen molar-refractivity contribution in [2.24, 2.45) is 11.7 Å². The predicted octanol–water partition coefficient (Wildman–Crippen LogP) is 4.02. The number of halogens is 2. The molecule has 0 heterocycles. The van der Waals surface area contributed by atoms with Gasteiger partial charge in [-0.05, 0) is 42.5 Å². The molecule has 2 N–H and O–H groups in total. The van der Waals surface area contributed by atoms with Crippen LogP contribution < -0.4 is 5.73 Å². The highest BCUT2D eigenvalue weighted by atomic mass is 79.9. The Morgan fingerprint density at radius 1 is 1.33 bits per heavy atom. The molecular weight excluding hydrogens is 257 g/mol. The van der Waals surface area contributed by atoms with Crippen LogP contribution >= 0.6 is 15.9 Å². The first-order valence-corrected chi connectivity index (χ1v) is 6.00. The zero-order valence-electron chi connectivity index (χ0n) is 9.13. The molecule has 0 radical (unpaired) electrons. The molecule has 0 saturated heterocycles. The average molecular weight is 274 g/mol. The maximum atomic E-state index is 13.0. The highest BCUT2D eigenvalue weighted by molar-refractivity contribution is 9.10. The topological polar surface area (TPSA) is 26.0 Å². The van der Waals surface area contributed by atoms with Crippen molar-refractivity contribution in [2.45, 2.75) is 32.7 Å². The van der Waals surface area contributed by atoms with Gasteiger partial charge in [-0.3, -0.25) is 0 Å². The fraction of sp³-hybridized carbons (Fsp3) is 0.500. The van der Waals surface area contributed by atoms with Crippen molar-refractivity contribution in [1.29, 1.82) is 0 Å². The van der Waals surface area contributed by atoms with Crippen LogP contribution in [0.5, 0.6) is 0 Å². The molecule has 0 bridgehead atoms. The smallest absolute Gasteiger partial charge is 0.123 e. The average Bonchev–Trinajstić information content (AvgIpc) is 2.18. The summed E-state index contributed by atoms with van der Waals surface area (Å²) in [5, 5.41) is 0. The van der Waals surface area contributed by atoms with Crippen molar-refractivity contribution >= 4 is 15.9 Å². The summed E-state index contributed by atoms with van der Waals surface area (Å²) in [4.78, 5) is 0. The van der Waals surface area contributed by atoms with Crippen LogP contribution in [0, 0.1) is 11.7 Å². The second-order valence-electron chi connectivity index (χ2n) is 4.24. The molecule has 0 fully saturated rings. The third-order valence-corrected chi connectivity index (χ3v) is 3.13. The summed E-state index contributed by atoms with van der Waals surface area (Å²) in [6.45, 7) is 4.32. The molecule has 1 rings (SSSR count). The largest absolute Gasteiger partial charge is 0.324 e. The molecule has 1 aromatic carbocycles. The van der Waals surface area contributed by atoms with Gasteiger partial charge in [0, 0.05) is 10.5 Å². The van der Waals surface area contributed by atoms with Gasteiger partial charge in [0.2, 0.25) is 0 Å². The molecule has 3 heteroatoms. The maximum Gasteiger partial charge on any atom is 0.123 e. The number of nitrogens with two attached hydrogens (primary N) is 1. The lowest BCUT2D eigenvalue weighted by Gasteiger charge is -2.15. The van der Waals surface area contributed by atoms with E-state index >= 15 is 0 Å². The van der Waals surface area contributed by atoms with Crippen molar-refractivity contribution in [3.8, 4) is 0 Å². The van der Waals surface area contributed by atoms with E-state index in [0.29, 0.717) is 5.92 Å². The number of rotatable bonds is 4. The molecule has 1 atom stereocenters. The lowest BCUT2D eigenvalue weighted by Crippen LogP contribution is -2.12. The van der Waals surface area contributed by atoms with Crippen molar-refractivity contribution in [2.75, 3.05) is 0 Å². The Morgan fingerprint density at radius 2 is 2.00 bits per heavy atom. The Hall–Kier alpha value is -0.410. The van der Waals surface area contributed by atoms with E-state index in [1.54, 1.807) is 6.07 Å². The van der Waals surface area contributed by atoms with Crippen LogP contribution in [0.1, 0.15) is 38.3 Å². The summed E-state index contributed by atoms with van der Waals surface area (Å²) in [7, 11) is 0. The SMILES string of the molecule is CC(C)CC[C@@H](N)c1cc(F)ccc1Br. The normalized spacial score (nSPS) is 13.2. The highest BCUT2D eigenvalue weighted by Gasteiger charge is 2.11. The van der Waals surface area contributed by atoms with Gasteiger partial charge >= 0.3 is 0 Å². The molecule has 0 aromatic heterocycles. The van der Waals surface area contributed by atoms with Gasteiger partial charge in [0.25, 0.3) is 0 Å². The van der Waals surface area contributed by atoms with E-state index in [9.17, 15) is 4.39 Å². The Labute approximate surface area is 99.0 Å². The molecule has 0 unspecified atom stereocenters. The van der Waals surface area contributed by atoms with E-state index in [0.717, 1.165) is 22.9 Å². The summed E-state index contributed by atoms with van der Waals surface area (Å²) >= 11 is 3.39. The number of hydrogen-bond donors (Lipinski definition) is 1. The summed E-state index contributed by atoms with van der Waals surface area (Å²) in [6, 6.07) is 4.56. The first-order valence-electron chi connectivity index (χ1n) is 5.21. The predicted molar refractivity (Wildman–Crippen MR) is 65.1 cm³/mol. The summed E-state index contributed by atoms with van der Waals surface area (Å²) in [5.41, 5.74) is 6.87. The van der Waals surface area contributed by atoms with Gasteiger partial charge in [-0.1, -0.05) is 29.8 Å². The van der Waals surface area contributed by atoms with Crippen LogP contribution in [0.3, 0.4) is 0 Å². The third kappa shape index (κ3) is 3.92. The molecule has 15 heavy (non-hydrogen) atoms. The molecule has 0 aliphatic rings. The Morgan fingerprint density at radius 3 is 2.60 bits per heavy atom. The molecule has 0 aliphatic carbocycles. The van der Waals surface area contributed by atoms with E-state index in [1.807, 2.05) is 0 Å². The van der Waals surface area contributed by atoms with Crippen molar-refractivity contribution in [1.82, 2.24) is 0 Å². The minimum absolute atomic E-state index is 0.0857. The van der Waals surface area contributed by atoms with E-state index in [2.05, 4.69) is 29.8 Å². The van der Waals surface area contributed by atoms with E-state index in [-0.39, 0.29) is 11.9 Å². The van der Waals surface area contributed by atoms with Crippen LogP contribution in [-0.2, 0) is 0 Å². The molecule has 0 amide bonds. The molecule has 0 saturated carbocycles. The molecule has 1 aromatic rings. The zero-order valence-corrected chi connectivity index (χ0v) is 10.7. The first kappa shape index (κ1) is 12.7. The second-order valence-corrected chi connectivity index (χ2v) is 5.10. The summed E-state index contributed by atoms with van der Waals surface area (Å²) in [6.07, 6.45) is 1.95. The lowest BCUT2D eigenvalue weighted by atomic mass is 9.98. The molecule has 0 aliphatic heterocycles. The van der Waals surface area contributed by atoms with Crippen LogP contribution in [0.15, 0.2) is 22.7 Å². The van der Waals surface area contributed by atoms with E-state index in [4.69, 9.17) is 5.73 Å². The zero-order chi connectivity index (χ0) is 11.4. The van der Waals surface area contributed by atoms with Crippen LogP contribution in [0.4, 0.5) is 4.39 Å². The summed E-state index contributed by atoms with van der Waals surface area (Å²) < 4.78 is 13.9. The van der Waals surface area contributed by atoms with Gasteiger partial charge < -0.3 is 5.73 Å². The first-order chi connectivity index (χ1) is 7.00. The maximum absolute atomic E-state index is 13.0. The Kier molecular flexibility index (Phi) is 4.74. The standard InChI is InChI=1S/C12H17BrFN/c1-8(2)3-6-12(15)10-7-9(14)4-5-11(10)13/h4-5,7-8,12H,3,6,15H2,1-2H3/t12-/m1/s1. The molecular formula is C12H17BrFN. The monoisotopic (exact) mass is 273 g/mol. The van der Waals surface area contributed by atoms with E-state index < -0.39 is 0 Å². The van der Waals surface area contributed by atoms with Crippen molar-refractivity contribution < 1.29 is 4.39 Å². The Balaban J connectivity index is 2.72. The van der Waals surface area contributed by atoms with Crippen molar-refractivity contribution in [3.63, 3.8) is 0 Å². The molecule has 84 valence electrons. The van der Waals surface area contributed by atoms with Gasteiger partial charge in [0.05, 0.1) is 0 Å². The van der Waals surface area contributed by atoms with Gasteiger partial charge in [0.15, 0.2) is 0 Å².